The Morgan fingerprint density at radius 3 is 2.73 bits per heavy atom. The molecule has 1 aliphatic rings. The Kier molecular flexibility index (Phi) is 5.07. The first-order valence-corrected chi connectivity index (χ1v) is 8.64. The van der Waals surface area contributed by atoms with E-state index in [-0.39, 0.29) is 21.7 Å². The van der Waals surface area contributed by atoms with Crippen LogP contribution in [-0.2, 0) is 15.5 Å². The quantitative estimate of drug-likeness (QED) is 0.608. The zero-order chi connectivity index (χ0) is 16.5. The van der Waals surface area contributed by atoms with E-state index in [2.05, 4.69) is 9.97 Å². The predicted octanol–water partition coefficient (Wildman–Crippen LogP) is 2.56. The lowest BCUT2D eigenvalue weighted by Gasteiger charge is -2.24. The molecule has 0 aromatic carbocycles. The molecule has 22 heavy (non-hydrogen) atoms. The second-order valence-electron chi connectivity index (χ2n) is 6.25. The molecule has 1 aromatic rings. The number of nitrogens with zero attached hydrogens (tertiary/aromatic N) is 3. The number of aryl methyl sites for hydroxylation is 1. The molecule has 0 aliphatic carbocycles. The highest BCUT2D eigenvalue weighted by Crippen LogP contribution is 2.21. The van der Waals surface area contributed by atoms with Crippen LogP contribution in [0.3, 0.4) is 0 Å². The molecule has 0 bridgehead atoms. The van der Waals surface area contributed by atoms with Gasteiger partial charge in [0, 0.05) is 18.8 Å². The van der Waals surface area contributed by atoms with Crippen molar-refractivity contribution in [1.29, 1.82) is 0 Å². The maximum absolute atomic E-state index is 12.6. The van der Waals surface area contributed by atoms with Crippen molar-refractivity contribution >= 4 is 28.5 Å². The van der Waals surface area contributed by atoms with Gasteiger partial charge in [-0.2, -0.15) is 0 Å². The third kappa shape index (κ3) is 4.39. The lowest BCUT2D eigenvalue weighted by atomic mass is 10.2. The van der Waals surface area contributed by atoms with E-state index in [1.807, 2.05) is 20.8 Å². The smallest absolute Gasteiger partial charge is 0.410 e. The summed E-state index contributed by atoms with van der Waals surface area (Å²) in [6.07, 6.45) is 0.246. The van der Waals surface area contributed by atoms with Crippen LogP contribution in [-0.4, -0.2) is 49.1 Å². The van der Waals surface area contributed by atoms with Crippen LogP contribution in [0.5, 0.6) is 0 Å². The highest BCUT2D eigenvalue weighted by atomic mass is 35.5. The van der Waals surface area contributed by atoms with Crippen LogP contribution >= 0.6 is 11.6 Å². The average Bonchev–Trinajstić information content (AvgIpc) is 2.84. The van der Waals surface area contributed by atoms with E-state index in [1.54, 1.807) is 17.9 Å². The average molecular weight is 346 g/mol. The van der Waals surface area contributed by atoms with Crippen molar-refractivity contribution in [2.45, 2.75) is 50.1 Å². The zero-order valence-electron chi connectivity index (χ0n) is 13.1. The van der Waals surface area contributed by atoms with Crippen LogP contribution in [0.4, 0.5) is 4.79 Å². The number of hydrogen-bond acceptors (Lipinski definition) is 5. The highest BCUT2D eigenvalue weighted by Gasteiger charge is 2.34. The van der Waals surface area contributed by atoms with Crippen LogP contribution in [0.15, 0.2) is 11.2 Å². The number of carbonyl (C=O) groups excluding carboxylic acids is 1. The van der Waals surface area contributed by atoms with Crippen molar-refractivity contribution in [3.8, 4) is 0 Å². The molecule has 0 spiro atoms. The molecule has 2 heterocycles. The Hall–Kier alpha value is -1.21. The summed E-state index contributed by atoms with van der Waals surface area (Å²) in [6.45, 7) is 8.12. The second-order valence-corrected chi connectivity index (χ2v) is 8.26. The number of hydrogen-bond donors (Lipinski definition) is 0. The topological polar surface area (TPSA) is 72.4 Å². The van der Waals surface area contributed by atoms with Crippen LogP contribution < -0.4 is 0 Å². The number of ether oxygens (including phenoxy) is 1. The molecule has 6 nitrogen and oxygen atoms in total. The molecule has 8 heteroatoms. The summed E-state index contributed by atoms with van der Waals surface area (Å²) in [7, 11) is -1.40. The molecule has 2 atom stereocenters. The Bertz CT molecular complexity index is 583. The van der Waals surface area contributed by atoms with Crippen LogP contribution in [0, 0.1) is 6.92 Å². The number of carbonyl (C=O) groups is 1. The number of halogens is 1. The molecule has 1 aromatic heterocycles. The van der Waals surface area contributed by atoms with Gasteiger partial charge < -0.3 is 9.64 Å². The van der Waals surface area contributed by atoms with Crippen LogP contribution in [0.2, 0.25) is 5.15 Å². The predicted molar refractivity (Wildman–Crippen MR) is 84.4 cm³/mol. The van der Waals surface area contributed by atoms with Crippen molar-refractivity contribution in [2.75, 3.05) is 13.1 Å². The monoisotopic (exact) mass is 345 g/mol. The number of likely N-dealkylation sites (tertiary alicyclic amines) is 1. The molecule has 1 fully saturated rings. The fourth-order valence-corrected chi connectivity index (χ4v) is 3.78. The first-order valence-electron chi connectivity index (χ1n) is 7.05. The summed E-state index contributed by atoms with van der Waals surface area (Å²) in [4.78, 5) is 21.8. The molecule has 1 saturated heterocycles. The molecule has 122 valence electrons. The zero-order valence-corrected chi connectivity index (χ0v) is 14.7. The van der Waals surface area contributed by atoms with Gasteiger partial charge in [0.25, 0.3) is 0 Å². The molecule has 2 rings (SSSR count). The molecule has 1 aliphatic heterocycles. The Morgan fingerprint density at radius 2 is 2.14 bits per heavy atom. The number of aromatic nitrogens is 2. The lowest BCUT2D eigenvalue weighted by molar-refractivity contribution is 0.0295. The summed E-state index contributed by atoms with van der Waals surface area (Å²) in [5.41, 5.74) is 0.131. The van der Waals surface area contributed by atoms with Gasteiger partial charge >= 0.3 is 6.09 Å². The minimum absolute atomic E-state index is 0.203. The van der Waals surface area contributed by atoms with E-state index in [1.165, 1.54) is 0 Å². The van der Waals surface area contributed by atoms with E-state index in [0.29, 0.717) is 25.2 Å². The van der Waals surface area contributed by atoms with Gasteiger partial charge in [0.05, 0.1) is 16.0 Å². The summed E-state index contributed by atoms with van der Waals surface area (Å²) < 4.78 is 17.9. The Balaban J connectivity index is 2.03. The van der Waals surface area contributed by atoms with Gasteiger partial charge in [-0.15, -0.1) is 0 Å². The molecule has 0 radical (unpaired) electrons. The molecule has 1 amide bonds. The summed E-state index contributed by atoms with van der Waals surface area (Å²) in [5.74, 6) is 0. The fraction of sp³-hybridized carbons (Fsp3) is 0.643. The van der Waals surface area contributed by atoms with Gasteiger partial charge in [-0.3, -0.25) is 4.21 Å². The Labute approximate surface area is 137 Å². The fourth-order valence-electron chi connectivity index (χ4n) is 2.14. The van der Waals surface area contributed by atoms with Crippen molar-refractivity contribution in [2.24, 2.45) is 0 Å². The molecule has 0 N–H and O–H groups in total. The maximum atomic E-state index is 12.6. The Morgan fingerprint density at radius 1 is 1.45 bits per heavy atom. The van der Waals surface area contributed by atoms with Crippen molar-refractivity contribution in [3.63, 3.8) is 0 Å². The van der Waals surface area contributed by atoms with E-state index in [0.717, 1.165) is 0 Å². The normalized spacial score (nSPS) is 20.0. The van der Waals surface area contributed by atoms with E-state index in [4.69, 9.17) is 16.3 Å². The molecule has 0 unspecified atom stereocenters. The number of rotatable bonds is 2. The van der Waals surface area contributed by atoms with Gasteiger partial charge in [-0.25, -0.2) is 14.8 Å². The van der Waals surface area contributed by atoms with Crippen molar-refractivity contribution in [3.05, 3.63) is 16.9 Å². The SMILES string of the molecule is Cc1cc(Cl)nc([S@@](=O)[C@@H]2CCN(C(=O)OC(C)(C)C)C2)n1. The lowest BCUT2D eigenvalue weighted by Crippen LogP contribution is -2.36. The summed E-state index contributed by atoms with van der Waals surface area (Å²) in [5, 5.41) is 0.296. The third-order valence-corrected chi connectivity index (χ3v) is 4.81. The van der Waals surface area contributed by atoms with E-state index >= 15 is 0 Å². The summed E-state index contributed by atoms with van der Waals surface area (Å²) in [6, 6.07) is 1.61. The summed E-state index contributed by atoms with van der Waals surface area (Å²) >= 11 is 5.88. The minimum Gasteiger partial charge on any atom is -0.444 e. The van der Waals surface area contributed by atoms with Gasteiger partial charge in [-0.1, -0.05) is 11.6 Å². The number of amides is 1. The molecular formula is C14H20ClN3O3S. The standard InChI is InChI=1S/C14H20ClN3O3S/c1-9-7-11(15)17-12(16-9)22(20)10-5-6-18(8-10)13(19)21-14(2,3)4/h7,10H,5-6,8H2,1-4H3/t10-,22+/m1/s1. The van der Waals surface area contributed by atoms with Gasteiger partial charge in [0.2, 0.25) is 5.16 Å². The van der Waals surface area contributed by atoms with Crippen LogP contribution in [0.1, 0.15) is 32.9 Å². The van der Waals surface area contributed by atoms with Gasteiger partial charge in [0.1, 0.15) is 10.8 Å². The minimum atomic E-state index is -1.40. The molecular weight excluding hydrogens is 326 g/mol. The van der Waals surface area contributed by atoms with Gasteiger partial charge in [0.15, 0.2) is 0 Å². The largest absolute Gasteiger partial charge is 0.444 e. The van der Waals surface area contributed by atoms with E-state index in [9.17, 15) is 9.00 Å². The van der Waals surface area contributed by atoms with Crippen LogP contribution in [0.25, 0.3) is 0 Å². The molecule has 0 saturated carbocycles. The van der Waals surface area contributed by atoms with Crippen molar-refractivity contribution in [1.82, 2.24) is 14.9 Å². The maximum Gasteiger partial charge on any atom is 0.410 e. The van der Waals surface area contributed by atoms with Gasteiger partial charge in [-0.05, 0) is 40.2 Å². The highest BCUT2D eigenvalue weighted by molar-refractivity contribution is 7.85. The third-order valence-electron chi connectivity index (χ3n) is 3.08. The first kappa shape index (κ1) is 17.1. The second kappa shape index (κ2) is 6.50. The van der Waals surface area contributed by atoms with E-state index < -0.39 is 16.4 Å². The van der Waals surface area contributed by atoms with Crippen molar-refractivity contribution < 1.29 is 13.7 Å². The first-order chi connectivity index (χ1) is 10.2.